The Hall–Kier alpha value is -1.35. The maximum atomic E-state index is 11.7. The number of rotatable bonds is 7. The molecule has 1 aliphatic rings. The fourth-order valence-corrected chi connectivity index (χ4v) is 2.06. The Morgan fingerprint density at radius 3 is 2.89 bits per heavy atom. The van der Waals surface area contributed by atoms with E-state index in [1.807, 2.05) is 0 Å². The van der Waals surface area contributed by atoms with Gasteiger partial charge in [0.15, 0.2) is 0 Å². The van der Waals surface area contributed by atoms with Crippen LogP contribution in [-0.4, -0.2) is 30.3 Å². The quantitative estimate of drug-likeness (QED) is 0.829. The van der Waals surface area contributed by atoms with E-state index >= 15 is 0 Å². The molecule has 0 bridgehead atoms. The van der Waals surface area contributed by atoms with Gasteiger partial charge in [-0.3, -0.25) is 4.79 Å². The highest BCUT2D eigenvalue weighted by atomic mass is 16.1. The van der Waals surface area contributed by atoms with Crippen molar-refractivity contribution in [2.75, 3.05) is 24.9 Å². The minimum absolute atomic E-state index is 0.0116. The molecular formula is C16H24N2O. The van der Waals surface area contributed by atoms with Crippen molar-refractivity contribution in [2.45, 2.75) is 39.3 Å². The lowest BCUT2D eigenvalue weighted by molar-refractivity contribution is -0.115. The van der Waals surface area contributed by atoms with Gasteiger partial charge in [0.2, 0.25) is 5.91 Å². The maximum absolute atomic E-state index is 11.7. The van der Waals surface area contributed by atoms with Crippen LogP contribution in [0.1, 0.15) is 56.8 Å². The molecule has 1 aromatic carbocycles. The van der Waals surface area contributed by atoms with Gasteiger partial charge in [0, 0.05) is 31.4 Å². The number of anilines is 1. The summed E-state index contributed by atoms with van der Waals surface area (Å²) < 4.78 is 109. The molecule has 104 valence electrons. The van der Waals surface area contributed by atoms with Crippen LogP contribution in [0, 0.1) is 0 Å². The van der Waals surface area contributed by atoms with Crippen molar-refractivity contribution in [3.63, 3.8) is 0 Å². The van der Waals surface area contributed by atoms with E-state index in [9.17, 15) is 4.79 Å². The first-order chi connectivity index (χ1) is 14.6. The fraction of sp³-hybridized carbons (Fsp3) is 0.562. The van der Waals surface area contributed by atoms with Gasteiger partial charge in [-0.05, 0) is 49.4 Å². The van der Waals surface area contributed by atoms with Crippen molar-refractivity contribution in [1.29, 1.82) is 0 Å². The molecule has 1 heterocycles. The van der Waals surface area contributed by atoms with Gasteiger partial charge in [-0.2, -0.15) is 0 Å². The predicted octanol–water partition coefficient (Wildman–Crippen LogP) is 2.85. The van der Waals surface area contributed by atoms with Crippen molar-refractivity contribution < 1.29 is 24.0 Å². The molecule has 0 aliphatic carbocycles. The predicted molar refractivity (Wildman–Crippen MR) is 79.5 cm³/mol. The Morgan fingerprint density at radius 1 is 1.37 bits per heavy atom. The van der Waals surface area contributed by atoms with Gasteiger partial charge in [0.1, 0.15) is 0 Å². The molecule has 0 unspecified atom stereocenters. The van der Waals surface area contributed by atoms with Crippen LogP contribution < -0.4 is 5.32 Å². The van der Waals surface area contributed by atoms with Crippen LogP contribution in [0.4, 0.5) is 5.69 Å². The number of carbonyl (C=O) groups excluding carboxylic acids is 1. The number of nitrogens with zero attached hydrogens (tertiary/aromatic N) is 1. The molecule has 0 spiro atoms. The first-order valence-corrected chi connectivity index (χ1v) is 5.77. The minimum atomic E-state index is -3.70. The molecular weight excluding hydrogens is 236 g/mol. The summed E-state index contributed by atoms with van der Waals surface area (Å²) >= 11 is 0. The second-order valence-electron chi connectivity index (χ2n) is 4.04. The van der Waals surface area contributed by atoms with Crippen LogP contribution >= 0.6 is 0 Å². The molecule has 1 aliphatic heterocycles. The van der Waals surface area contributed by atoms with Gasteiger partial charge in [-0.15, -0.1) is 0 Å². The van der Waals surface area contributed by atoms with Crippen molar-refractivity contribution >= 4 is 11.6 Å². The lowest BCUT2D eigenvalue weighted by Crippen LogP contribution is -2.28. The second-order valence-corrected chi connectivity index (χ2v) is 4.04. The lowest BCUT2D eigenvalue weighted by Gasteiger charge is -2.21. The summed E-state index contributed by atoms with van der Waals surface area (Å²) in [6, 6.07) is 4.73. The third-order valence-electron chi connectivity index (χ3n) is 2.87. The highest BCUT2D eigenvalue weighted by Gasteiger charge is 2.20. The number of carbonyl (C=O) groups is 1. The summed E-state index contributed by atoms with van der Waals surface area (Å²) in [5, 5.41) is 2.60. The second kappa shape index (κ2) is 6.71. The lowest BCUT2D eigenvalue weighted by atomic mass is 10.0. The summed E-state index contributed by atoms with van der Waals surface area (Å²) in [5.74, 6) is -0.308. The smallest absolute Gasteiger partial charge is 0.228 e. The zero-order chi connectivity index (χ0) is 25.8. The molecule has 0 radical (unpaired) electrons. The molecule has 0 aromatic heterocycles. The van der Waals surface area contributed by atoms with E-state index in [0.717, 1.165) is 0 Å². The highest BCUT2D eigenvalue weighted by molar-refractivity contribution is 5.99. The monoisotopic (exact) mass is 274 g/mol. The maximum Gasteiger partial charge on any atom is 0.228 e. The molecule has 3 heteroatoms. The largest absolute Gasteiger partial charge is 0.326 e. The van der Waals surface area contributed by atoms with Gasteiger partial charge in [0.25, 0.3) is 0 Å². The van der Waals surface area contributed by atoms with Crippen LogP contribution in [0.25, 0.3) is 0 Å². The molecule has 1 N–H and O–H groups in total. The van der Waals surface area contributed by atoms with E-state index in [2.05, 4.69) is 5.32 Å². The fourth-order valence-electron chi connectivity index (χ4n) is 2.06. The number of amides is 1. The van der Waals surface area contributed by atoms with Gasteiger partial charge < -0.3 is 10.2 Å². The molecule has 1 aromatic rings. The molecule has 0 saturated heterocycles. The molecule has 1 amide bonds. The third-order valence-corrected chi connectivity index (χ3v) is 2.87. The van der Waals surface area contributed by atoms with Gasteiger partial charge in [-0.25, -0.2) is 0 Å². The zero-order valence-electron chi connectivity index (χ0n) is 24.2. The molecule has 19 heavy (non-hydrogen) atoms. The molecule has 0 saturated carbocycles. The van der Waals surface area contributed by atoms with Gasteiger partial charge in [0.05, 0.1) is 6.42 Å². The Kier molecular flexibility index (Phi) is 1.62. The summed E-state index contributed by atoms with van der Waals surface area (Å²) in [7, 11) is 0. The number of benzene rings is 1. The van der Waals surface area contributed by atoms with Crippen molar-refractivity contribution in [3.05, 3.63) is 29.3 Å². The summed E-state index contributed by atoms with van der Waals surface area (Å²) in [6.07, 6.45) is -7.66. The van der Waals surface area contributed by atoms with E-state index in [-0.39, 0.29) is 23.6 Å². The average Bonchev–Trinajstić information content (AvgIpc) is 3.00. The van der Waals surface area contributed by atoms with Crippen molar-refractivity contribution in [2.24, 2.45) is 0 Å². The molecule has 0 atom stereocenters. The van der Waals surface area contributed by atoms with Crippen molar-refractivity contribution in [3.8, 4) is 0 Å². The SMILES string of the molecule is [2H]C([2H])([2H])C([2H])([2H])C([2H])([2H])N(CCc1cccc2c1CC(=O)N2)C([2H])([2H])C([2H])([2H])C([2H])([2H])[2H]. The van der Waals surface area contributed by atoms with Crippen LogP contribution in [0.2, 0.25) is 0 Å². The number of hydrogen-bond donors (Lipinski definition) is 1. The first kappa shape index (κ1) is 4.59. The summed E-state index contributed by atoms with van der Waals surface area (Å²) in [5.41, 5.74) is 1.44. The Bertz CT molecular complexity index is 867. The van der Waals surface area contributed by atoms with Crippen molar-refractivity contribution in [1.82, 2.24) is 4.90 Å². The van der Waals surface area contributed by atoms with Gasteiger partial charge >= 0.3 is 0 Å². The first-order valence-electron chi connectivity index (χ1n) is 12.8. The number of fused-ring (bicyclic) bond motifs is 1. The molecule has 3 nitrogen and oxygen atoms in total. The number of hydrogen-bond acceptors (Lipinski definition) is 2. The number of nitrogens with one attached hydrogen (secondary N) is 1. The molecule has 2 rings (SSSR count). The van der Waals surface area contributed by atoms with E-state index in [1.54, 1.807) is 18.2 Å². The zero-order valence-corrected chi connectivity index (χ0v) is 10.2. The summed E-state index contributed by atoms with van der Waals surface area (Å²) in [6.45, 7) is -15.3. The van der Waals surface area contributed by atoms with Crippen LogP contribution in [-0.2, 0) is 17.6 Å². The Morgan fingerprint density at radius 2 is 2.16 bits per heavy atom. The topological polar surface area (TPSA) is 32.3 Å². The average molecular weight is 274 g/mol. The standard InChI is InChI=1S/C16H24N2O/c1-3-9-18(10-4-2)11-8-13-6-5-7-15-14(13)12-16(19)17-15/h5-7H,3-4,8-12H2,1-2H3,(H,17,19)/i1D3,2D3,3D2,4D2,9D2,10D2. The minimum Gasteiger partial charge on any atom is -0.326 e. The highest BCUT2D eigenvalue weighted by Crippen LogP contribution is 2.26. The third kappa shape index (κ3) is 3.57. The Labute approximate surface area is 135 Å². The normalized spacial score (nSPS) is 29.0. The van der Waals surface area contributed by atoms with Crippen LogP contribution in [0.15, 0.2) is 18.2 Å². The van der Waals surface area contributed by atoms with E-state index < -0.39 is 46.0 Å². The van der Waals surface area contributed by atoms with E-state index in [4.69, 9.17) is 19.2 Å². The molecule has 0 fully saturated rings. The van der Waals surface area contributed by atoms with E-state index in [0.29, 0.717) is 16.8 Å². The van der Waals surface area contributed by atoms with E-state index in [1.165, 1.54) is 0 Å². The van der Waals surface area contributed by atoms with Gasteiger partial charge in [-0.1, -0.05) is 25.8 Å². The van der Waals surface area contributed by atoms with Crippen LogP contribution in [0.5, 0.6) is 0 Å². The summed E-state index contributed by atoms with van der Waals surface area (Å²) in [4.78, 5) is 11.7. The van der Waals surface area contributed by atoms with Crippen LogP contribution in [0.3, 0.4) is 0 Å². The Balaban J connectivity index is 2.58.